The second-order valence-corrected chi connectivity index (χ2v) is 9.80. The van der Waals surface area contributed by atoms with Gasteiger partial charge in [-0.2, -0.15) is 0 Å². The number of thiophene rings is 1. The molecule has 1 unspecified atom stereocenters. The number of aliphatic hydroxyl groups excluding tert-OH is 1. The molecular formula is C24H29BrO4S. The standard InChI is InChI=1S/C24H29BrO4S/c1-3-23-21(25)15-18(30-23)12-10-17(26)11-13-19-16(2)14-22(27)20(19)8-6-4-5-7-9-24(28)29/h3,11,13,15-16,19-20,22,27H,1,5,7-10,12,14H2,2H3,(H,28,29)/b13-11+/t16-,19+,20-,22?/m1/s1. The third-order valence-electron chi connectivity index (χ3n) is 5.49. The van der Waals surface area contributed by atoms with E-state index in [1.54, 1.807) is 17.4 Å². The van der Waals surface area contributed by atoms with Gasteiger partial charge in [-0.25, -0.2) is 0 Å². The molecule has 4 nitrogen and oxygen atoms in total. The molecule has 30 heavy (non-hydrogen) atoms. The van der Waals surface area contributed by atoms with Crippen molar-refractivity contribution in [1.29, 1.82) is 0 Å². The summed E-state index contributed by atoms with van der Waals surface area (Å²) in [6, 6.07) is 2.04. The Bertz CT molecular complexity index is 845. The first-order valence-corrected chi connectivity index (χ1v) is 11.9. The van der Waals surface area contributed by atoms with Crippen LogP contribution >= 0.6 is 27.3 Å². The van der Waals surface area contributed by atoms with E-state index < -0.39 is 12.1 Å². The van der Waals surface area contributed by atoms with E-state index >= 15 is 0 Å². The Labute approximate surface area is 191 Å². The summed E-state index contributed by atoms with van der Waals surface area (Å²) in [5.74, 6) is 5.83. The number of allylic oxidation sites excluding steroid dienone is 2. The van der Waals surface area contributed by atoms with Gasteiger partial charge in [0, 0.05) is 45.8 Å². The Kier molecular flexibility index (Phi) is 10.0. The number of hydrogen-bond donors (Lipinski definition) is 2. The molecule has 0 aromatic carbocycles. The molecule has 0 saturated heterocycles. The molecule has 162 valence electrons. The summed E-state index contributed by atoms with van der Waals surface area (Å²) < 4.78 is 1.01. The summed E-state index contributed by atoms with van der Waals surface area (Å²) in [6.07, 6.45) is 8.67. The predicted octanol–water partition coefficient (Wildman–Crippen LogP) is 5.49. The van der Waals surface area contributed by atoms with Crippen LogP contribution in [0, 0.1) is 29.6 Å². The number of carboxylic acids is 1. The summed E-state index contributed by atoms with van der Waals surface area (Å²) in [5.41, 5.74) is 0. The fourth-order valence-electron chi connectivity index (χ4n) is 3.84. The minimum Gasteiger partial charge on any atom is -0.481 e. The molecule has 0 radical (unpaired) electrons. The number of carboxylic acid groups (broad SMARTS) is 1. The van der Waals surface area contributed by atoms with Gasteiger partial charge in [-0.15, -0.1) is 23.2 Å². The van der Waals surface area contributed by atoms with Gasteiger partial charge < -0.3 is 10.2 Å². The maximum Gasteiger partial charge on any atom is 0.303 e. The first-order chi connectivity index (χ1) is 14.3. The summed E-state index contributed by atoms with van der Waals surface area (Å²) in [6.45, 7) is 5.89. The lowest BCUT2D eigenvalue weighted by Crippen LogP contribution is -2.18. The van der Waals surface area contributed by atoms with E-state index in [4.69, 9.17) is 5.11 Å². The fraction of sp³-hybridized carbons (Fsp3) is 0.500. The molecule has 1 aromatic heterocycles. The zero-order valence-corrected chi connectivity index (χ0v) is 19.7. The fourth-order valence-corrected chi connectivity index (χ4v) is 5.58. The van der Waals surface area contributed by atoms with Gasteiger partial charge in [0.15, 0.2) is 5.78 Å². The summed E-state index contributed by atoms with van der Waals surface area (Å²) in [5, 5.41) is 19.0. The Morgan fingerprint density at radius 2 is 2.13 bits per heavy atom. The SMILES string of the molecule is C=Cc1sc(CCC(=O)/C=C/[C@H]2[C@H](C)CC(O)[C@@H]2CC#CCCCC(=O)O)cc1Br. The van der Waals surface area contributed by atoms with E-state index in [1.807, 2.05) is 18.2 Å². The predicted molar refractivity (Wildman–Crippen MR) is 125 cm³/mol. The topological polar surface area (TPSA) is 74.6 Å². The lowest BCUT2D eigenvalue weighted by atomic mass is 9.87. The molecule has 1 saturated carbocycles. The van der Waals surface area contributed by atoms with Crippen LogP contribution in [0.3, 0.4) is 0 Å². The number of hydrogen-bond acceptors (Lipinski definition) is 4. The smallest absolute Gasteiger partial charge is 0.303 e. The highest BCUT2D eigenvalue weighted by Gasteiger charge is 2.38. The quantitative estimate of drug-likeness (QED) is 0.257. The van der Waals surface area contributed by atoms with Crippen LogP contribution in [-0.2, 0) is 16.0 Å². The summed E-state index contributed by atoms with van der Waals surface area (Å²) >= 11 is 5.14. The number of carbonyl (C=O) groups is 2. The number of halogens is 1. The van der Waals surface area contributed by atoms with Gasteiger partial charge in [0.2, 0.25) is 0 Å². The van der Waals surface area contributed by atoms with Crippen molar-refractivity contribution in [3.8, 4) is 11.8 Å². The van der Waals surface area contributed by atoms with E-state index in [0.29, 0.717) is 44.4 Å². The van der Waals surface area contributed by atoms with Crippen LogP contribution in [-0.4, -0.2) is 28.1 Å². The van der Waals surface area contributed by atoms with E-state index in [-0.39, 0.29) is 24.0 Å². The minimum absolute atomic E-state index is 0.0134. The van der Waals surface area contributed by atoms with Crippen LogP contribution in [0.2, 0.25) is 0 Å². The van der Waals surface area contributed by atoms with Crippen LogP contribution in [0.1, 0.15) is 55.2 Å². The second-order valence-electron chi connectivity index (χ2n) is 7.78. The zero-order chi connectivity index (χ0) is 22.1. The Balaban J connectivity index is 1.87. The molecule has 0 spiro atoms. The molecule has 1 fully saturated rings. The van der Waals surface area contributed by atoms with Crippen LogP contribution in [0.25, 0.3) is 6.08 Å². The van der Waals surface area contributed by atoms with E-state index in [1.165, 1.54) is 0 Å². The molecule has 1 aliphatic rings. The van der Waals surface area contributed by atoms with Crippen LogP contribution < -0.4 is 0 Å². The zero-order valence-electron chi connectivity index (χ0n) is 17.3. The number of aliphatic hydroxyl groups is 1. The number of ketones is 1. The molecule has 1 heterocycles. The maximum absolute atomic E-state index is 12.4. The Hall–Kier alpha value is -1.68. The highest BCUT2D eigenvalue weighted by atomic mass is 79.9. The van der Waals surface area contributed by atoms with E-state index in [9.17, 15) is 14.7 Å². The van der Waals surface area contributed by atoms with Gasteiger partial charge in [-0.3, -0.25) is 9.59 Å². The maximum atomic E-state index is 12.4. The molecule has 0 bridgehead atoms. The van der Waals surface area contributed by atoms with Crippen molar-refractivity contribution in [3.05, 3.63) is 39.0 Å². The van der Waals surface area contributed by atoms with Crippen LogP contribution in [0.4, 0.5) is 0 Å². The third kappa shape index (κ3) is 7.54. The average Bonchev–Trinajstić information content (AvgIpc) is 3.19. The van der Waals surface area contributed by atoms with Gasteiger partial charge in [0.05, 0.1) is 6.10 Å². The van der Waals surface area contributed by atoms with Crippen LogP contribution in [0.5, 0.6) is 0 Å². The molecule has 0 amide bonds. The first kappa shape index (κ1) is 24.6. The number of unbranched alkanes of at least 4 members (excludes halogenated alkanes) is 1. The summed E-state index contributed by atoms with van der Waals surface area (Å²) in [4.78, 5) is 25.1. The first-order valence-electron chi connectivity index (χ1n) is 10.3. The highest BCUT2D eigenvalue weighted by molar-refractivity contribution is 9.10. The average molecular weight is 493 g/mol. The normalized spacial score (nSPS) is 23.3. The Morgan fingerprint density at radius 1 is 1.37 bits per heavy atom. The Morgan fingerprint density at radius 3 is 2.80 bits per heavy atom. The van der Waals surface area contributed by atoms with Crippen molar-refractivity contribution in [3.63, 3.8) is 0 Å². The lowest BCUT2D eigenvalue weighted by molar-refractivity contribution is -0.137. The van der Waals surface area contributed by atoms with Crippen LogP contribution in [0.15, 0.2) is 29.3 Å². The molecular weight excluding hydrogens is 464 g/mol. The number of aliphatic carboxylic acids is 1. The largest absolute Gasteiger partial charge is 0.481 e. The monoisotopic (exact) mass is 492 g/mol. The molecule has 6 heteroatoms. The third-order valence-corrected chi connectivity index (χ3v) is 7.60. The molecule has 2 rings (SSSR count). The highest BCUT2D eigenvalue weighted by Crippen LogP contribution is 2.40. The van der Waals surface area contributed by atoms with Gasteiger partial charge in [-0.1, -0.05) is 25.7 Å². The molecule has 1 aromatic rings. The van der Waals surface area contributed by atoms with Crippen molar-refractivity contribution >= 4 is 45.1 Å². The van der Waals surface area contributed by atoms with E-state index in [2.05, 4.69) is 41.3 Å². The van der Waals surface area contributed by atoms with Gasteiger partial charge in [0.25, 0.3) is 0 Å². The van der Waals surface area contributed by atoms with Gasteiger partial charge in [0.1, 0.15) is 0 Å². The van der Waals surface area contributed by atoms with Crippen molar-refractivity contribution in [2.75, 3.05) is 0 Å². The number of rotatable bonds is 10. The van der Waals surface area contributed by atoms with Crippen molar-refractivity contribution < 1.29 is 19.8 Å². The van der Waals surface area contributed by atoms with Gasteiger partial charge >= 0.3 is 5.97 Å². The molecule has 2 N–H and O–H groups in total. The van der Waals surface area contributed by atoms with Crippen molar-refractivity contribution in [2.45, 2.75) is 58.0 Å². The molecule has 0 aliphatic heterocycles. The van der Waals surface area contributed by atoms with E-state index in [0.717, 1.165) is 14.2 Å². The molecule has 1 aliphatic carbocycles. The number of aryl methyl sites for hydroxylation is 1. The summed E-state index contributed by atoms with van der Waals surface area (Å²) in [7, 11) is 0. The number of carbonyl (C=O) groups excluding carboxylic acids is 1. The second kappa shape index (κ2) is 12.2. The minimum atomic E-state index is -0.806. The lowest BCUT2D eigenvalue weighted by Gasteiger charge is -2.18. The molecule has 4 atom stereocenters. The van der Waals surface area contributed by atoms with Crippen molar-refractivity contribution in [1.82, 2.24) is 0 Å². The van der Waals surface area contributed by atoms with Gasteiger partial charge in [-0.05, 0) is 59.2 Å². The van der Waals surface area contributed by atoms with Crippen molar-refractivity contribution in [2.24, 2.45) is 17.8 Å².